The SMILES string of the molecule is CNC(=O)C(C)(C)CN=C(N)N(C)C1CC1. The van der Waals surface area contributed by atoms with Crippen LogP contribution in [0.3, 0.4) is 0 Å². The lowest BCUT2D eigenvalue weighted by Gasteiger charge is -2.22. The Bertz CT molecular complexity index is 294. The average Bonchev–Trinajstić information content (AvgIpc) is 3.07. The molecule has 0 unspecified atom stereocenters. The summed E-state index contributed by atoms with van der Waals surface area (Å²) in [5, 5.41) is 2.63. The van der Waals surface area contributed by atoms with Gasteiger partial charge in [-0.25, -0.2) is 0 Å². The average molecular weight is 226 g/mol. The minimum atomic E-state index is -0.510. The highest BCUT2D eigenvalue weighted by Crippen LogP contribution is 2.25. The molecule has 92 valence electrons. The molecule has 0 atom stereocenters. The van der Waals surface area contributed by atoms with Crippen LogP contribution in [0.5, 0.6) is 0 Å². The van der Waals surface area contributed by atoms with Gasteiger partial charge in [0.05, 0.1) is 12.0 Å². The number of nitrogens with two attached hydrogens (primary N) is 1. The van der Waals surface area contributed by atoms with Crippen LogP contribution in [-0.2, 0) is 4.79 Å². The number of guanidine groups is 1. The topological polar surface area (TPSA) is 70.7 Å². The quantitative estimate of drug-likeness (QED) is 0.530. The molecule has 1 fully saturated rings. The molecule has 0 spiro atoms. The van der Waals surface area contributed by atoms with Crippen LogP contribution in [0.1, 0.15) is 26.7 Å². The van der Waals surface area contributed by atoms with E-state index in [1.54, 1.807) is 7.05 Å². The van der Waals surface area contributed by atoms with Crippen molar-refractivity contribution in [3.05, 3.63) is 0 Å². The first-order valence-electron chi connectivity index (χ1n) is 5.63. The minimum Gasteiger partial charge on any atom is -0.370 e. The van der Waals surface area contributed by atoms with Crippen LogP contribution in [-0.4, -0.2) is 43.4 Å². The van der Waals surface area contributed by atoms with Crippen molar-refractivity contribution in [1.29, 1.82) is 0 Å². The molecule has 0 aromatic rings. The van der Waals surface area contributed by atoms with Gasteiger partial charge in [-0.05, 0) is 26.7 Å². The van der Waals surface area contributed by atoms with Crippen molar-refractivity contribution in [2.75, 3.05) is 20.6 Å². The summed E-state index contributed by atoms with van der Waals surface area (Å²) in [4.78, 5) is 17.8. The van der Waals surface area contributed by atoms with Gasteiger partial charge in [0.15, 0.2) is 5.96 Å². The summed E-state index contributed by atoms with van der Waals surface area (Å²) in [6.07, 6.45) is 2.37. The van der Waals surface area contributed by atoms with Gasteiger partial charge in [0, 0.05) is 20.1 Å². The van der Waals surface area contributed by atoms with Crippen LogP contribution in [0, 0.1) is 5.41 Å². The zero-order chi connectivity index (χ0) is 12.3. The van der Waals surface area contributed by atoms with Crippen molar-refractivity contribution < 1.29 is 4.79 Å². The number of carbonyl (C=O) groups excluding carboxylic acids is 1. The lowest BCUT2D eigenvalue weighted by atomic mass is 9.93. The van der Waals surface area contributed by atoms with Crippen molar-refractivity contribution in [1.82, 2.24) is 10.2 Å². The second kappa shape index (κ2) is 4.72. The molecule has 0 saturated heterocycles. The Morgan fingerprint density at radius 2 is 2.12 bits per heavy atom. The van der Waals surface area contributed by atoms with E-state index < -0.39 is 5.41 Å². The van der Waals surface area contributed by atoms with E-state index in [9.17, 15) is 4.79 Å². The molecule has 0 aromatic carbocycles. The monoisotopic (exact) mass is 226 g/mol. The van der Waals surface area contributed by atoms with Gasteiger partial charge in [-0.1, -0.05) is 0 Å². The van der Waals surface area contributed by atoms with Crippen LogP contribution < -0.4 is 11.1 Å². The zero-order valence-corrected chi connectivity index (χ0v) is 10.6. The number of nitrogens with zero attached hydrogens (tertiary/aromatic N) is 2. The van der Waals surface area contributed by atoms with Gasteiger partial charge >= 0.3 is 0 Å². The summed E-state index contributed by atoms with van der Waals surface area (Å²) in [7, 11) is 3.58. The Hall–Kier alpha value is -1.26. The number of rotatable bonds is 4. The van der Waals surface area contributed by atoms with E-state index >= 15 is 0 Å². The summed E-state index contributed by atoms with van der Waals surface area (Å²) in [5.41, 5.74) is 5.34. The van der Waals surface area contributed by atoms with Gasteiger partial charge in [-0.2, -0.15) is 0 Å². The molecular weight excluding hydrogens is 204 g/mol. The zero-order valence-electron chi connectivity index (χ0n) is 10.6. The van der Waals surface area contributed by atoms with E-state index in [0.29, 0.717) is 18.5 Å². The van der Waals surface area contributed by atoms with E-state index in [4.69, 9.17) is 5.73 Å². The predicted octanol–water partition coefficient (Wildman–Crippen LogP) is 0.168. The minimum absolute atomic E-state index is 0.0156. The molecule has 16 heavy (non-hydrogen) atoms. The van der Waals surface area contributed by atoms with E-state index in [1.807, 2.05) is 25.8 Å². The Morgan fingerprint density at radius 1 is 1.56 bits per heavy atom. The van der Waals surface area contributed by atoms with Gasteiger partial charge in [0.25, 0.3) is 0 Å². The largest absolute Gasteiger partial charge is 0.370 e. The maximum Gasteiger partial charge on any atom is 0.227 e. The lowest BCUT2D eigenvalue weighted by molar-refractivity contribution is -0.128. The first-order valence-corrected chi connectivity index (χ1v) is 5.63. The molecule has 1 rings (SSSR count). The first kappa shape index (κ1) is 12.8. The van der Waals surface area contributed by atoms with Crippen molar-refractivity contribution in [3.8, 4) is 0 Å². The molecule has 0 heterocycles. The standard InChI is InChI=1S/C11H22N4O/c1-11(2,9(16)13-3)7-14-10(12)15(4)8-5-6-8/h8H,5-7H2,1-4H3,(H2,12,14)(H,13,16). The maximum absolute atomic E-state index is 11.5. The molecule has 1 aliphatic rings. The first-order chi connectivity index (χ1) is 7.38. The van der Waals surface area contributed by atoms with Crippen molar-refractivity contribution in [3.63, 3.8) is 0 Å². The maximum atomic E-state index is 11.5. The van der Waals surface area contributed by atoms with Crippen LogP contribution in [0.2, 0.25) is 0 Å². The fraction of sp³-hybridized carbons (Fsp3) is 0.818. The van der Waals surface area contributed by atoms with Crippen LogP contribution in [0.4, 0.5) is 0 Å². The Kier molecular flexibility index (Phi) is 3.78. The van der Waals surface area contributed by atoms with Crippen molar-refractivity contribution in [2.45, 2.75) is 32.7 Å². The summed E-state index contributed by atoms with van der Waals surface area (Å²) in [6.45, 7) is 4.13. The molecular formula is C11H22N4O. The summed E-state index contributed by atoms with van der Waals surface area (Å²) in [5.74, 6) is 0.512. The fourth-order valence-electron chi connectivity index (χ4n) is 1.45. The second-order valence-electron chi connectivity index (χ2n) is 4.98. The molecule has 0 radical (unpaired) electrons. The van der Waals surface area contributed by atoms with E-state index in [2.05, 4.69) is 10.3 Å². The third kappa shape index (κ3) is 3.12. The molecule has 1 aliphatic carbocycles. The highest BCUT2D eigenvalue weighted by atomic mass is 16.2. The van der Waals surface area contributed by atoms with E-state index in [-0.39, 0.29) is 5.91 Å². The molecule has 5 nitrogen and oxygen atoms in total. The molecule has 1 saturated carbocycles. The third-order valence-electron chi connectivity index (χ3n) is 2.93. The lowest BCUT2D eigenvalue weighted by Crippen LogP contribution is -2.40. The molecule has 0 bridgehead atoms. The van der Waals surface area contributed by atoms with Gasteiger partial charge < -0.3 is 16.0 Å². The molecule has 3 N–H and O–H groups in total. The Morgan fingerprint density at radius 3 is 2.56 bits per heavy atom. The highest BCUT2D eigenvalue weighted by molar-refractivity contribution is 5.83. The number of amides is 1. The molecule has 5 heteroatoms. The van der Waals surface area contributed by atoms with Gasteiger partial charge in [-0.15, -0.1) is 0 Å². The van der Waals surface area contributed by atoms with E-state index in [0.717, 1.165) is 0 Å². The fourth-order valence-corrected chi connectivity index (χ4v) is 1.45. The van der Waals surface area contributed by atoms with E-state index in [1.165, 1.54) is 12.8 Å². The summed E-state index contributed by atoms with van der Waals surface area (Å²) in [6, 6.07) is 0.548. The number of carbonyl (C=O) groups is 1. The van der Waals surface area contributed by atoms with Crippen molar-refractivity contribution >= 4 is 11.9 Å². The second-order valence-corrected chi connectivity index (χ2v) is 4.98. The number of aliphatic imine (C=N–C) groups is 1. The Labute approximate surface area is 97.1 Å². The van der Waals surface area contributed by atoms with Gasteiger partial charge in [-0.3, -0.25) is 9.79 Å². The molecule has 1 amide bonds. The number of hydrogen-bond acceptors (Lipinski definition) is 2. The highest BCUT2D eigenvalue weighted by Gasteiger charge is 2.29. The Balaban J connectivity index is 2.53. The van der Waals surface area contributed by atoms with Crippen LogP contribution in [0.25, 0.3) is 0 Å². The van der Waals surface area contributed by atoms with Crippen LogP contribution >= 0.6 is 0 Å². The molecule has 0 aliphatic heterocycles. The summed E-state index contributed by atoms with van der Waals surface area (Å²) >= 11 is 0. The normalized spacial score (nSPS) is 17.1. The van der Waals surface area contributed by atoms with Gasteiger partial charge in [0.1, 0.15) is 0 Å². The van der Waals surface area contributed by atoms with Crippen LogP contribution in [0.15, 0.2) is 4.99 Å². The smallest absolute Gasteiger partial charge is 0.227 e. The number of hydrogen-bond donors (Lipinski definition) is 2. The number of nitrogens with one attached hydrogen (secondary N) is 1. The predicted molar refractivity (Wildman–Crippen MR) is 65.1 cm³/mol. The third-order valence-corrected chi connectivity index (χ3v) is 2.93. The summed E-state index contributed by atoms with van der Waals surface area (Å²) < 4.78 is 0. The molecule has 0 aromatic heterocycles. The van der Waals surface area contributed by atoms with Gasteiger partial charge in [0.2, 0.25) is 5.91 Å². The van der Waals surface area contributed by atoms with Crippen molar-refractivity contribution in [2.24, 2.45) is 16.1 Å².